The summed E-state index contributed by atoms with van der Waals surface area (Å²) in [4.78, 5) is 2.53. The smallest absolute Gasteiger partial charge is 0.569 e. The summed E-state index contributed by atoms with van der Waals surface area (Å²) < 4.78 is 0. The van der Waals surface area contributed by atoms with Crippen LogP contribution in [0.1, 0.15) is 13.8 Å². The van der Waals surface area contributed by atoms with E-state index in [1.54, 1.807) is 0 Å². The van der Waals surface area contributed by atoms with Crippen LogP contribution in [-0.2, 0) is 0 Å². The van der Waals surface area contributed by atoms with Crippen LogP contribution < -0.4 is 29.6 Å². The van der Waals surface area contributed by atoms with E-state index >= 15 is 0 Å². The molecule has 0 unspecified atom stereocenters. The van der Waals surface area contributed by atoms with E-state index in [0.717, 1.165) is 13.1 Å². The van der Waals surface area contributed by atoms with E-state index in [4.69, 9.17) is 5.21 Å². The first-order valence-corrected chi connectivity index (χ1v) is 4.46. The number of piperazine rings is 1. The molecular formula is C7H16N4NaO2+. The molecule has 0 saturated carbocycles. The molecule has 1 rings (SSSR count). The molecule has 0 atom stereocenters. The van der Waals surface area contributed by atoms with Crippen LogP contribution in [0.2, 0.25) is 0 Å². The van der Waals surface area contributed by atoms with Crippen LogP contribution in [0.3, 0.4) is 0 Å². The Labute approximate surface area is 106 Å². The predicted molar refractivity (Wildman–Crippen MR) is 46.1 cm³/mol. The Morgan fingerprint density at radius 3 is 2.14 bits per heavy atom. The molecule has 0 radical (unpaired) electrons. The Morgan fingerprint density at radius 1 is 1.29 bits per heavy atom. The molecule has 0 aromatic carbocycles. The number of hydrazine groups is 1. The van der Waals surface area contributed by atoms with Gasteiger partial charge in [0.1, 0.15) is 0 Å². The quantitative estimate of drug-likeness (QED) is 0.233. The van der Waals surface area contributed by atoms with Crippen LogP contribution in [0.25, 0.3) is 0 Å². The fourth-order valence-electron chi connectivity index (χ4n) is 1.46. The second kappa shape index (κ2) is 6.44. The Bertz CT molecular complexity index is 192. The number of nitrogens with zero attached hydrogens (tertiary/aromatic N) is 4. The first kappa shape index (κ1) is 14.0. The molecule has 0 bridgehead atoms. The number of rotatable bonds is 2. The first-order valence-electron chi connectivity index (χ1n) is 4.46. The van der Waals surface area contributed by atoms with Crippen molar-refractivity contribution < 1.29 is 39.7 Å². The van der Waals surface area contributed by atoms with Crippen LogP contribution in [0, 0.1) is 5.21 Å². The van der Waals surface area contributed by atoms with Crippen molar-refractivity contribution in [2.45, 2.75) is 19.9 Å². The second-order valence-corrected chi connectivity index (χ2v) is 3.43. The summed E-state index contributed by atoms with van der Waals surface area (Å²) in [7, 11) is 0. The van der Waals surface area contributed by atoms with E-state index in [0.29, 0.717) is 19.1 Å². The van der Waals surface area contributed by atoms with Crippen molar-refractivity contribution in [1.29, 1.82) is 0 Å². The van der Waals surface area contributed by atoms with E-state index < -0.39 is 0 Å². The minimum absolute atomic E-state index is 0. The summed E-state index contributed by atoms with van der Waals surface area (Å²) in [6, 6.07) is 0.508. The zero-order valence-corrected chi connectivity index (χ0v) is 11.1. The van der Waals surface area contributed by atoms with Crippen molar-refractivity contribution >= 4 is 0 Å². The summed E-state index contributed by atoms with van der Waals surface area (Å²) in [6.07, 6.45) is 0. The molecule has 1 saturated heterocycles. The van der Waals surface area contributed by atoms with Gasteiger partial charge in [0.25, 0.3) is 0 Å². The maximum absolute atomic E-state index is 10.9. The van der Waals surface area contributed by atoms with E-state index in [9.17, 15) is 5.21 Å². The molecule has 14 heavy (non-hydrogen) atoms. The topological polar surface area (TPSA) is 65.1 Å². The van der Waals surface area contributed by atoms with E-state index in [2.05, 4.69) is 24.0 Å². The van der Waals surface area contributed by atoms with Gasteiger partial charge in [0.05, 0.1) is 18.1 Å². The predicted octanol–water partition coefficient (Wildman–Crippen LogP) is -2.72. The Hall–Kier alpha value is -0.0400. The summed E-state index contributed by atoms with van der Waals surface area (Å²) in [5.41, 5.74) is 0. The van der Waals surface area contributed by atoms with Gasteiger partial charge in [-0.05, 0) is 13.8 Å². The molecule has 0 amide bonds. The van der Waals surface area contributed by atoms with Gasteiger partial charge < -0.3 is 10.4 Å². The fraction of sp³-hybridized carbons (Fsp3) is 1.00. The van der Waals surface area contributed by atoms with Crippen molar-refractivity contribution in [3.8, 4) is 0 Å². The van der Waals surface area contributed by atoms with Crippen LogP contribution in [0.15, 0.2) is 5.28 Å². The molecule has 1 aliphatic rings. The van der Waals surface area contributed by atoms with Crippen molar-refractivity contribution in [3.63, 3.8) is 0 Å². The van der Waals surface area contributed by atoms with E-state index in [1.165, 1.54) is 5.01 Å². The van der Waals surface area contributed by atoms with Crippen LogP contribution in [-0.4, -0.2) is 52.3 Å². The van der Waals surface area contributed by atoms with Gasteiger partial charge in [0.15, 0.2) is 0 Å². The fourth-order valence-corrected chi connectivity index (χ4v) is 1.46. The van der Waals surface area contributed by atoms with Gasteiger partial charge in [-0.2, -0.15) is 0 Å². The van der Waals surface area contributed by atoms with Crippen molar-refractivity contribution in [1.82, 2.24) is 9.91 Å². The third kappa shape index (κ3) is 3.61. The van der Waals surface area contributed by atoms with Gasteiger partial charge in [0, 0.05) is 19.1 Å². The molecule has 1 heterocycles. The van der Waals surface area contributed by atoms with Gasteiger partial charge in [-0.1, -0.05) is 0 Å². The third-order valence-corrected chi connectivity index (χ3v) is 2.34. The molecule has 1 N–H and O–H groups in total. The van der Waals surface area contributed by atoms with Crippen molar-refractivity contribution in [2.24, 2.45) is 5.28 Å². The SMILES string of the molecule is CC(C)N1CCN([N+]([O-])=NO)CC1.[Na+]. The van der Waals surface area contributed by atoms with Gasteiger partial charge in [-0.25, -0.2) is 0 Å². The van der Waals surface area contributed by atoms with E-state index in [1.807, 2.05) is 0 Å². The summed E-state index contributed by atoms with van der Waals surface area (Å²) >= 11 is 0. The molecule has 0 aromatic heterocycles. The Balaban J connectivity index is 0.00000169. The van der Waals surface area contributed by atoms with Crippen LogP contribution in [0.4, 0.5) is 0 Å². The molecule has 6 nitrogen and oxygen atoms in total. The molecule has 1 fully saturated rings. The summed E-state index contributed by atoms with van der Waals surface area (Å²) in [5, 5.41) is 23.1. The van der Waals surface area contributed by atoms with Gasteiger partial charge >= 0.3 is 29.6 Å². The monoisotopic (exact) mass is 211 g/mol. The third-order valence-electron chi connectivity index (χ3n) is 2.34. The zero-order valence-electron chi connectivity index (χ0n) is 9.05. The molecule has 7 heteroatoms. The Morgan fingerprint density at radius 2 is 1.79 bits per heavy atom. The molecule has 0 spiro atoms. The number of hydrogen-bond acceptors (Lipinski definition) is 3. The average molecular weight is 211 g/mol. The van der Waals surface area contributed by atoms with Crippen LogP contribution in [0.5, 0.6) is 0 Å². The molecular weight excluding hydrogens is 195 g/mol. The van der Waals surface area contributed by atoms with Crippen molar-refractivity contribution in [3.05, 3.63) is 5.21 Å². The van der Waals surface area contributed by atoms with Gasteiger partial charge in [-0.15, -0.1) is 5.01 Å². The molecule has 0 aliphatic carbocycles. The maximum atomic E-state index is 10.9. The zero-order chi connectivity index (χ0) is 9.84. The van der Waals surface area contributed by atoms with Gasteiger partial charge in [-0.3, -0.25) is 4.90 Å². The number of hydrogen-bond donors (Lipinski definition) is 1. The average Bonchev–Trinajstić information content (AvgIpc) is 2.17. The van der Waals surface area contributed by atoms with Gasteiger partial charge in [0.2, 0.25) is 5.28 Å². The largest absolute Gasteiger partial charge is 1.00 e. The molecule has 76 valence electrons. The molecule has 0 aromatic rings. The second-order valence-electron chi connectivity index (χ2n) is 3.43. The maximum Gasteiger partial charge on any atom is 1.00 e. The standard InChI is InChI=1S/C7H16N4O2.Na/c1-7(2)9-3-5-10(6-4-9)11(13)8-12;/h7,12H,3-6H2,1-2H3;/q;+1. The first-order chi connectivity index (χ1) is 6.15. The summed E-state index contributed by atoms with van der Waals surface area (Å²) in [6.45, 7) is 7.16. The minimum Gasteiger partial charge on any atom is -0.569 e. The van der Waals surface area contributed by atoms with Crippen molar-refractivity contribution in [2.75, 3.05) is 26.2 Å². The minimum atomic E-state index is 0. The molecule has 1 aliphatic heterocycles. The van der Waals surface area contributed by atoms with Crippen LogP contribution >= 0.6 is 0 Å². The van der Waals surface area contributed by atoms with E-state index in [-0.39, 0.29) is 34.5 Å². The normalized spacial score (nSPS) is 19.6. The Kier molecular flexibility index (Phi) is 6.43. The summed E-state index contributed by atoms with van der Waals surface area (Å²) in [5.74, 6) is 0.